The Kier molecular flexibility index (Phi) is 15.6. The predicted octanol–water partition coefficient (Wildman–Crippen LogP) is 13.5. The summed E-state index contributed by atoms with van der Waals surface area (Å²) in [5, 5.41) is 7.47. The molecule has 19 heteroatoms. The smallest absolute Gasteiger partial charge is 0.220 e. The van der Waals surface area contributed by atoms with Crippen LogP contribution in [0.5, 0.6) is 5.75 Å². The summed E-state index contributed by atoms with van der Waals surface area (Å²) >= 11 is 6.00. The summed E-state index contributed by atoms with van der Waals surface area (Å²) < 4.78 is 57.4. The van der Waals surface area contributed by atoms with Gasteiger partial charge in [0.05, 0.1) is 51.8 Å². The van der Waals surface area contributed by atoms with Crippen LogP contribution >= 0.6 is 11.6 Å². The van der Waals surface area contributed by atoms with Crippen LogP contribution in [0.3, 0.4) is 0 Å². The summed E-state index contributed by atoms with van der Waals surface area (Å²) in [4.78, 5) is 33.5. The van der Waals surface area contributed by atoms with Crippen LogP contribution < -0.4 is 16.2 Å². The van der Waals surface area contributed by atoms with Gasteiger partial charge in [-0.15, -0.1) is 0 Å². The first-order valence-corrected chi connectivity index (χ1v) is 26.3. The van der Waals surface area contributed by atoms with Crippen LogP contribution in [0.15, 0.2) is 159 Å². The molecule has 15 nitrogen and oxygen atoms in total. The molecule has 398 valence electrons. The van der Waals surface area contributed by atoms with Gasteiger partial charge in [0.2, 0.25) is 5.95 Å². The van der Waals surface area contributed by atoms with E-state index in [0.29, 0.717) is 45.1 Å². The zero-order chi connectivity index (χ0) is 54.2. The number of nitrogens with zero attached hydrogens (tertiary/aromatic N) is 10. The number of benzene rings is 5. The highest BCUT2D eigenvalue weighted by Crippen LogP contribution is 2.39. The first-order valence-electron chi connectivity index (χ1n) is 25.9. The Morgan fingerprint density at radius 2 is 1.42 bits per heavy atom. The highest BCUT2D eigenvalue weighted by molar-refractivity contribution is 6.30. The number of halogens is 4. The van der Waals surface area contributed by atoms with Gasteiger partial charge in [-0.3, -0.25) is 4.98 Å². The third kappa shape index (κ3) is 11.7. The monoisotopic (exact) mass is 1080 g/mol. The predicted molar refractivity (Wildman–Crippen MR) is 300 cm³/mol. The van der Waals surface area contributed by atoms with E-state index < -0.39 is 0 Å². The minimum Gasteiger partial charge on any atom is -0.487 e. The molecule has 0 radical (unpaired) electrons. The molecule has 0 bridgehead atoms. The Labute approximate surface area is 457 Å². The maximum atomic E-state index is 15.2. The number of nitrogens with two attached hydrogens (primary N) is 2. The zero-order valence-electron chi connectivity index (χ0n) is 42.7. The number of hydrogen-bond donors (Lipinski definition) is 3. The summed E-state index contributed by atoms with van der Waals surface area (Å²) in [6.07, 6.45) is 16.2. The van der Waals surface area contributed by atoms with Gasteiger partial charge in [-0.2, -0.15) is 5.10 Å². The second-order valence-corrected chi connectivity index (χ2v) is 19.5. The van der Waals surface area contributed by atoms with Crippen molar-refractivity contribution in [2.75, 3.05) is 24.7 Å². The molecular formula is C60H53ClF3N13O2. The number of hydrogen-bond acceptors (Lipinski definition) is 12. The van der Waals surface area contributed by atoms with E-state index in [1.807, 2.05) is 65.6 Å². The summed E-state index contributed by atoms with van der Waals surface area (Å²) in [6, 6.07) is 36.8. The summed E-state index contributed by atoms with van der Waals surface area (Å²) in [6.45, 7) is 1.71. The van der Waals surface area contributed by atoms with Crippen LogP contribution in [0.25, 0.3) is 78.4 Å². The fraction of sp³-hybridized carbons (Fsp3) is 0.200. The first kappa shape index (κ1) is 52.1. The van der Waals surface area contributed by atoms with Gasteiger partial charge >= 0.3 is 0 Å². The molecule has 1 aliphatic heterocycles. The number of pyridine rings is 1. The standard InChI is InChI=1S/C24H15F2N3.C19H20FN5.C17H18ClN5O2/c25-18-8-5-16(6-9-18)22-23(17-11-13-27-14-12-17)29-24(28-22)20-10-7-15-3-1-2-4-19(15)21(20)26;20-14-8-6-13(7-9-14)17-18(16-10-11-22-19(21)24-16)25(12-23-17)15-4-2-1-3-5-15;18-11-2-1-3-13(8-11)25-9-14-15-16(19)20-10-21-17(15)23(22-14)12-4-6-24-7-5-12/h1-14H,(H,28,29);6-12,15H,1-5H2,(H2,21,22,24);1-3,8,10,12H,4-7,9H2,(H2,19,20,21). The van der Waals surface area contributed by atoms with E-state index in [1.165, 1.54) is 49.9 Å². The lowest BCUT2D eigenvalue weighted by atomic mass is 9.95. The molecular weight excluding hydrogens is 1030 g/mol. The van der Waals surface area contributed by atoms with Gasteiger partial charge in [0.25, 0.3) is 0 Å². The first-order chi connectivity index (χ1) is 38.6. The Hall–Kier alpha value is -9.00. The van der Waals surface area contributed by atoms with E-state index in [9.17, 15) is 8.78 Å². The van der Waals surface area contributed by atoms with E-state index in [2.05, 4.69) is 44.4 Å². The van der Waals surface area contributed by atoms with E-state index in [-0.39, 0.29) is 36.0 Å². The van der Waals surface area contributed by atoms with Crippen molar-refractivity contribution in [3.8, 4) is 62.3 Å². The molecule has 0 amide bonds. The summed E-state index contributed by atoms with van der Waals surface area (Å²) in [5.41, 5.74) is 20.0. The number of aromatic amines is 1. The fourth-order valence-electron chi connectivity index (χ4n) is 10.1. The molecule has 5 aromatic carbocycles. The van der Waals surface area contributed by atoms with Gasteiger partial charge in [-0.05, 0) is 122 Å². The molecule has 2 fully saturated rings. The third-order valence-corrected chi connectivity index (χ3v) is 14.2. The second-order valence-electron chi connectivity index (χ2n) is 19.1. The topological polar surface area (TPSA) is 199 Å². The number of anilines is 2. The van der Waals surface area contributed by atoms with Gasteiger partial charge in [0, 0.05) is 64.9 Å². The normalized spacial score (nSPS) is 13.9. The van der Waals surface area contributed by atoms with Crippen molar-refractivity contribution in [2.45, 2.75) is 63.6 Å². The number of nitrogens with one attached hydrogen (secondary N) is 1. The average Bonchev–Trinajstić information content (AvgIpc) is 4.27. The fourth-order valence-corrected chi connectivity index (χ4v) is 10.3. The van der Waals surface area contributed by atoms with Crippen molar-refractivity contribution in [3.63, 3.8) is 0 Å². The highest BCUT2D eigenvalue weighted by atomic mass is 35.5. The second kappa shape index (κ2) is 23.7. The van der Waals surface area contributed by atoms with Crippen molar-refractivity contribution in [3.05, 3.63) is 187 Å². The number of imidazole rings is 2. The average molecular weight is 1080 g/mol. The lowest BCUT2D eigenvalue weighted by molar-refractivity contribution is 0.0671. The number of H-pyrrole nitrogens is 1. The maximum absolute atomic E-state index is 15.2. The summed E-state index contributed by atoms with van der Waals surface area (Å²) in [5.74, 6) is 0.825. The van der Waals surface area contributed by atoms with Crippen LogP contribution in [-0.2, 0) is 11.3 Å². The van der Waals surface area contributed by atoms with E-state index >= 15 is 4.39 Å². The number of rotatable bonds is 10. The van der Waals surface area contributed by atoms with Crippen LogP contribution in [0.1, 0.15) is 62.7 Å². The van der Waals surface area contributed by atoms with Gasteiger partial charge in [-0.1, -0.05) is 67.3 Å². The van der Waals surface area contributed by atoms with Gasteiger partial charge < -0.3 is 30.5 Å². The number of aromatic nitrogens is 11. The molecule has 11 aromatic rings. The Balaban J connectivity index is 0.000000126. The van der Waals surface area contributed by atoms with Crippen molar-refractivity contribution in [1.82, 2.24) is 54.2 Å². The minimum atomic E-state index is -0.330. The Morgan fingerprint density at radius 1 is 0.684 bits per heavy atom. The molecule has 7 heterocycles. The molecule has 5 N–H and O–H groups in total. The molecule has 0 unspecified atom stereocenters. The molecule has 1 saturated carbocycles. The maximum Gasteiger partial charge on any atom is 0.220 e. The molecule has 1 aliphatic carbocycles. The molecule has 2 aliphatic rings. The number of fused-ring (bicyclic) bond motifs is 2. The van der Waals surface area contributed by atoms with Crippen molar-refractivity contribution in [1.29, 1.82) is 0 Å². The molecule has 13 rings (SSSR count). The Morgan fingerprint density at radius 3 is 2.15 bits per heavy atom. The summed E-state index contributed by atoms with van der Waals surface area (Å²) in [7, 11) is 0. The minimum absolute atomic E-state index is 0.235. The quantitative estimate of drug-likeness (QED) is 0.117. The molecule has 0 spiro atoms. The van der Waals surface area contributed by atoms with Crippen molar-refractivity contribution >= 4 is 45.2 Å². The van der Waals surface area contributed by atoms with Crippen molar-refractivity contribution in [2.24, 2.45) is 0 Å². The van der Waals surface area contributed by atoms with Gasteiger partial charge in [-0.25, -0.2) is 47.8 Å². The van der Waals surface area contributed by atoms with E-state index in [4.69, 9.17) is 37.6 Å². The Bertz CT molecular complexity index is 3860. The van der Waals surface area contributed by atoms with Crippen LogP contribution in [-0.4, -0.2) is 67.4 Å². The molecule has 6 aromatic heterocycles. The number of ether oxygens (including phenoxy) is 2. The third-order valence-electron chi connectivity index (χ3n) is 14.0. The lowest BCUT2D eigenvalue weighted by Gasteiger charge is -2.25. The number of nitrogen functional groups attached to an aromatic ring is 2. The molecule has 79 heavy (non-hydrogen) atoms. The molecule has 0 atom stereocenters. The highest BCUT2D eigenvalue weighted by Gasteiger charge is 2.26. The van der Waals surface area contributed by atoms with Gasteiger partial charge in [0.15, 0.2) is 5.65 Å². The van der Waals surface area contributed by atoms with Crippen LogP contribution in [0.2, 0.25) is 5.02 Å². The molecule has 1 saturated heterocycles. The SMILES string of the molecule is Fc1ccc(-c2nc(-c3ccc4ccccc4c3F)[nH]c2-c2ccncc2)cc1.Nc1nccc(-c2c(-c3ccc(F)cc3)ncn2C2CCCCC2)n1.Nc1ncnc2c1c(COc1cccc(Cl)c1)nn2C1CCOCC1. The van der Waals surface area contributed by atoms with E-state index in [1.54, 1.807) is 67.1 Å². The largest absolute Gasteiger partial charge is 0.487 e. The van der Waals surface area contributed by atoms with Gasteiger partial charge in [0.1, 0.15) is 53.5 Å². The van der Waals surface area contributed by atoms with Crippen LogP contribution in [0, 0.1) is 17.5 Å². The van der Waals surface area contributed by atoms with Crippen LogP contribution in [0.4, 0.5) is 24.9 Å². The lowest BCUT2D eigenvalue weighted by Crippen LogP contribution is -2.21. The van der Waals surface area contributed by atoms with Crippen molar-refractivity contribution < 1.29 is 22.6 Å². The van der Waals surface area contributed by atoms with E-state index in [0.717, 1.165) is 100 Å². The zero-order valence-corrected chi connectivity index (χ0v) is 43.4.